The average molecular weight is 476 g/mol. The van der Waals surface area contributed by atoms with Crippen LogP contribution in [0.4, 0.5) is 5.69 Å². The molecule has 3 aromatic carbocycles. The number of hydrogen-bond donors (Lipinski definition) is 1. The van der Waals surface area contributed by atoms with Gasteiger partial charge >= 0.3 is 0 Å². The molecule has 1 N–H and O–H groups in total. The van der Waals surface area contributed by atoms with Crippen LogP contribution in [0.3, 0.4) is 0 Å². The summed E-state index contributed by atoms with van der Waals surface area (Å²) >= 11 is 3.52. The van der Waals surface area contributed by atoms with Crippen molar-refractivity contribution in [2.45, 2.75) is 6.42 Å². The summed E-state index contributed by atoms with van der Waals surface area (Å²) in [6.45, 7) is 0.470. The lowest BCUT2D eigenvalue weighted by atomic mass is 10.0. The molecule has 2 amide bonds. The Morgan fingerprint density at radius 1 is 1.00 bits per heavy atom. The van der Waals surface area contributed by atoms with Crippen LogP contribution in [0, 0.1) is 0 Å². The van der Waals surface area contributed by atoms with E-state index in [-0.39, 0.29) is 24.9 Å². The Labute approximate surface area is 189 Å². The van der Waals surface area contributed by atoms with Crippen LogP contribution in [-0.2, 0) is 16.0 Å². The Kier molecular flexibility index (Phi) is 6.57. The van der Waals surface area contributed by atoms with E-state index in [0.29, 0.717) is 12.2 Å². The normalized spacial score (nSPS) is 13.3. The highest BCUT2D eigenvalue weighted by Gasteiger charge is 2.26. The number of fused-ring (bicyclic) bond motifs is 1. The lowest BCUT2D eigenvalue weighted by Crippen LogP contribution is -2.42. The van der Waals surface area contributed by atoms with Gasteiger partial charge in [0.1, 0.15) is 13.1 Å². The zero-order valence-corrected chi connectivity index (χ0v) is 18.5. The number of amides is 2. The summed E-state index contributed by atoms with van der Waals surface area (Å²) in [5, 5.41) is 2.92. The second-order valence-electron chi connectivity index (χ2n) is 7.26. The molecule has 0 unspecified atom stereocenters. The maximum atomic E-state index is 12.9. The van der Waals surface area contributed by atoms with Gasteiger partial charge in [0.05, 0.1) is 11.4 Å². The molecule has 1 heterocycles. The number of nitrogens with one attached hydrogen (secondary N) is 1. The van der Waals surface area contributed by atoms with Gasteiger partial charge in [-0.3, -0.25) is 14.6 Å². The van der Waals surface area contributed by atoms with Crippen LogP contribution < -0.4 is 10.2 Å². The van der Waals surface area contributed by atoms with Crippen LogP contribution in [-0.4, -0.2) is 37.2 Å². The number of carbonyl (C=O) groups is 2. The highest BCUT2D eigenvalue weighted by atomic mass is 79.9. The molecular weight excluding hydrogens is 454 g/mol. The van der Waals surface area contributed by atoms with Crippen LogP contribution in [0.1, 0.15) is 16.7 Å². The fourth-order valence-corrected chi connectivity index (χ4v) is 3.95. The van der Waals surface area contributed by atoms with Crippen molar-refractivity contribution < 1.29 is 9.59 Å². The third-order valence-corrected chi connectivity index (χ3v) is 5.60. The first-order chi connectivity index (χ1) is 15.1. The van der Waals surface area contributed by atoms with Crippen molar-refractivity contribution in [2.24, 2.45) is 4.99 Å². The maximum absolute atomic E-state index is 12.9. The Morgan fingerprint density at radius 2 is 1.71 bits per heavy atom. The molecule has 0 atom stereocenters. The zero-order valence-electron chi connectivity index (χ0n) is 16.9. The Balaban J connectivity index is 1.54. The van der Waals surface area contributed by atoms with Gasteiger partial charge in [-0.2, -0.15) is 0 Å². The topological polar surface area (TPSA) is 61.8 Å². The van der Waals surface area contributed by atoms with Gasteiger partial charge in [-0.25, -0.2) is 0 Å². The second-order valence-corrected chi connectivity index (χ2v) is 8.17. The zero-order chi connectivity index (χ0) is 21.6. The van der Waals surface area contributed by atoms with Crippen molar-refractivity contribution in [3.8, 4) is 0 Å². The van der Waals surface area contributed by atoms with Crippen molar-refractivity contribution in [3.63, 3.8) is 0 Å². The third kappa shape index (κ3) is 5.09. The second kappa shape index (κ2) is 9.71. The summed E-state index contributed by atoms with van der Waals surface area (Å²) in [5.74, 6) is -0.394. The van der Waals surface area contributed by atoms with Crippen molar-refractivity contribution in [1.29, 1.82) is 0 Å². The molecule has 0 aromatic heterocycles. The molecule has 156 valence electrons. The number of halogens is 1. The van der Waals surface area contributed by atoms with Crippen LogP contribution >= 0.6 is 15.9 Å². The molecule has 0 spiro atoms. The van der Waals surface area contributed by atoms with Gasteiger partial charge in [0.15, 0.2) is 0 Å². The predicted molar refractivity (Wildman–Crippen MR) is 127 cm³/mol. The van der Waals surface area contributed by atoms with E-state index in [9.17, 15) is 9.59 Å². The minimum atomic E-state index is -0.201. The van der Waals surface area contributed by atoms with Gasteiger partial charge in [0.2, 0.25) is 11.8 Å². The molecule has 0 bridgehead atoms. The number of rotatable bonds is 6. The predicted octanol–water partition coefficient (Wildman–Crippen LogP) is 3.99. The van der Waals surface area contributed by atoms with E-state index in [0.717, 1.165) is 33.3 Å². The molecule has 0 saturated heterocycles. The van der Waals surface area contributed by atoms with Crippen molar-refractivity contribution in [3.05, 3.63) is 100 Å². The number of anilines is 1. The molecule has 31 heavy (non-hydrogen) atoms. The van der Waals surface area contributed by atoms with E-state index in [1.807, 2.05) is 78.9 Å². The smallest absolute Gasteiger partial charge is 0.249 e. The first kappa shape index (κ1) is 21.0. The van der Waals surface area contributed by atoms with E-state index < -0.39 is 0 Å². The Bertz CT molecular complexity index is 1110. The van der Waals surface area contributed by atoms with E-state index >= 15 is 0 Å². The monoisotopic (exact) mass is 475 g/mol. The van der Waals surface area contributed by atoms with E-state index in [1.54, 1.807) is 0 Å². The quantitative estimate of drug-likeness (QED) is 0.585. The van der Waals surface area contributed by atoms with E-state index in [4.69, 9.17) is 0 Å². The first-order valence-corrected chi connectivity index (χ1v) is 10.9. The summed E-state index contributed by atoms with van der Waals surface area (Å²) in [7, 11) is 0. The molecule has 0 fully saturated rings. The molecule has 6 heteroatoms. The van der Waals surface area contributed by atoms with Gasteiger partial charge in [-0.15, -0.1) is 0 Å². The van der Waals surface area contributed by atoms with Crippen LogP contribution in [0.5, 0.6) is 0 Å². The first-order valence-electron chi connectivity index (χ1n) is 10.1. The highest BCUT2D eigenvalue weighted by molar-refractivity contribution is 9.10. The molecule has 0 saturated carbocycles. The van der Waals surface area contributed by atoms with Crippen molar-refractivity contribution in [2.75, 3.05) is 24.5 Å². The fourth-order valence-electron chi connectivity index (χ4n) is 3.59. The number of nitrogens with zero attached hydrogens (tertiary/aromatic N) is 2. The van der Waals surface area contributed by atoms with Gasteiger partial charge in [-0.1, -0.05) is 76.6 Å². The molecule has 3 aromatic rings. The molecule has 1 aliphatic heterocycles. The summed E-state index contributed by atoms with van der Waals surface area (Å²) in [6.07, 6.45) is 0.741. The summed E-state index contributed by atoms with van der Waals surface area (Å²) < 4.78 is 0.886. The van der Waals surface area contributed by atoms with Crippen LogP contribution in [0.25, 0.3) is 0 Å². The molecular formula is C25H22BrN3O2. The summed E-state index contributed by atoms with van der Waals surface area (Å²) in [5.41, 5.74) is 4.35. The van der Waals surface area contributed by atoms with Gasteiger partial charge in [0.25, 0.3) is 0 Å². The lowest BCUT2D eigenvalue weighted by Gasteiger charge is -2.23. The minimum absolute atomic E-state index is 0.00613. The maximum Gasteiger partial charge on any atom is 0.249 e. The summed E-state index contributed by atoms with van der Waals surface area (Å²) in [6, 6.07) is 25.4. The SMILES string of the molecule is O=C(CN1C(=O)CN=C(c2ccccc2)c2cc(Br)ccc21)NCCc1ccccc1. The lowest BCUT2D eigenvalue weighted by molar-refractivity contribution is -0.123. The van der Waals surface area contributed by atoms with Crippen LogP contribution in [0.2, 0.25) is 0 Å². The fraction of sp³-hybridized carbons (Fsp3) is 0.160. The Morgan fingerprint density at radius 3 is 2.45 bits per heavy atom. The molecule has 5 nitrogen and oxygen atoms in total. The Hall–Kier alpha value is -3.25. The number of hydrogen-bond acceptors (Lipinski definition) is 3. The largest absolute Gasteiger partial charge is 0.354 e. The van der Waals surface area contributed by atoms with Gasteiger partial charge in [0, 0.05) is 22.1 Å². The number of aliphatic imine (C=N–C) groups is 1. The number of carbonyl (C=O) groups excluding carboxylic acids is 2. The summed E-state index contributed by atoms with van der Waals surface area (Å²) in [4.78, 5) is 31.6. The average Bonchev–Trinajstić information content (AvgIpc) is 2.92. The van der Waals surface area contributed by atoms with Gasteiger partial charge in [-0.05, 0) is 30.2 Å². The third-order valence-electron chi connectivity index (χ3n) is 5.11. The van der Waals surface area contributed by atoms with E-state index in [2.05, 4.69) is 26.2 Å². The van der Waals surface area contributed by atoms with Gasteiger partial charge < -0.3 is 10.2 Å². The molecule has 0 aliphatic carbocycles. The number of benzene rings is 3. The van der Waals surface area contributed by atoms with Crippen LogP contribution in [0.15, 0.2) is 88.3 Å². The number of benzodiazepines with no additional fused rings is 1. The minimum Gasteiger partial charge on any atom is -0.354 e. The van der Waals surface area contributed by atoms with Crippen molar-refractivity contribution in [1.82, 2.24) is 5.32 Å². The highest BCUT2D eigenvalue weighted by Crippen LogP contribution is 2.29. The molecule has 0 radical (unpaired) electrons. The van der Waals surface area contributed by atoms with E-state index in [1.165, 1.54) is 4.90 Å². The molecule has 1 aliphatic rings. The van der Waals surface area contributed by atoms with Crippen molar-refractivity contribution >= 4 is 39.1 Å². The molecule has 4 rings (SSSR count). The standard InChI is InChI=1S/C25H22BrN3O2/c26-20-11-12-22-21(15-20)25(19-9-5-2-6-10-19)28-16-24(31)29(22)17-23(30)27-14-13-18-7-3-1-4-8-18/h1-12,15H,13-14,16-17H2,(H,27,30).